The Hall–Kier alpha value is -2.32. The molecule has 1 saturated carbocycles. The topological polar surface area (TPSA) is 81.5 Å². The van der Waals surface area contributed by atoms with E-state index in [1.165, 1.54) is 12.1 Å². The Morgan fingerprint density at radius 2 is 1.84 bits per heavy atom. The molecule has 2 rings (SSSR count). The number of hydrogen-bond donors (Lipinski definition) is 1. The van der Waals surface area contributed by atoms with Gasteiger partial charge in [0.15, 0.2) is 5.75 Å². The van der Waals surface area contributed by atoms with E-state index < -0.39 is 34.0 Å². The van der Waals surface area contributed by atoms with E-state index in [0.29, 0.717) is 19.8 Å². The van der Waals surface area contributed by atoms with Gasteiger partial charge in [-0.15, -0.1) is 0 Å². The van der Waals surface area contributed by atoms with Gasteiger partial charge in [-0.25, -0.2) is 0 Å². The van der Waals surface area contributed by atoms with E-state index in [0.717, 1.165) is 31.4 Å². The Bertz CT molecular complexity index is 645. The van der Waals surface area contributed by atoms with Crippen molar-refractivity contribution >= 4 is 11.6 Å². The van der Waals surface area contributed by atoms with Gasteiger partial charge in [0.25, 0.3) is 11.5 Å². The van der Waals surface area contributed by atoms with Crippen molar-refractivity contribution in [1.82, 2.24) is 5.32 Å². The van der Waals surface area contributed by atoms with Crippen molar-refractivity contribution in [3.63, 3.8) is 0 Å². The summed E-state index contributed by atoms with van der Waals surface area (Å²) in [6, 6.07) is 4.31. The first-order chi connectivity index (χ1) is 11.6. The van der Waals surface area contributed by atoms with Crippen molar-refractivity contribution in [1.29, 1.82) is 0 Å². The quantitative estimate of drug-likeness (QED) is 0.641. The van der Waals surface area contributed by atoms with Crippen LogP contribution >= 0.6 is 0 Å². The molecule has 1 N–H and O–H groups in total. The number of carbonyl (C=O) groups is 1. The maximum atomic E-state index is 13.6. The van der Waals surface area contributed by atoms with E-state index in [1.54, 1.807) is 0 Å². The van der Waals surface area contributed by atoms with Crippen LogP contribution in [0.5, 0.6) is 5.75 Å². The Labute approximate surface area is 142 Å². The van der Waals surface area contributed by atoms with Gasteiger partial charge in [-0.2, -0.15) is 13.2 Å². The molecule has 0 saturated heterocycles. The van der Waals surface area contributed by atoms with Crippen molar-refractivity contribution < 1.29 is 27.6 Å². The van der Waals surface area contributed by atoms with Crippen LogP contribution in [0.25, 0.3) is 0 Å². The van der Waals surface area contributed by atoms with Gasteiger partial charge in [0, 0.05) is 12.1 Å². The van der Waals surface area contributed by atoms with Crippen molar-refractivity contribution in [3.8, 4) is 5.75 Å². The average Bonchev–Trinajstić information content (AvgIpc) is 2.55. The molecule has 0 heterocycles. The van der Waals surface area contributed by atoms with Gasteiger partial charge >= 0.3 is 11.9 Å². The molecule has 138 valence electrons. The van der Waals surface area contributed by atoms with Crippen molar-refractivity contribution in [3.05, 3.63) is 34.4 Å². The second-order valence-electron chi connectivity index (χ2n) is 6.17. The monoisotopic (exact) mass is 360 g/mol. The van der Waals surface area contributed by atoms with Gasteiger partial charge in [-0.05, 0) is 25.8 Å². The van der Waals surface area contributed by atoms with Crippen LogP contribution in [0.1, 0.15) is 39.0 Å². The highest BCUT2D eigenvalue weighted by molar-refractivity contribution is 5.86. The number of benzene rings is 1. The largest absolute Gasteiger partial charge is 0.461 e. The number of nitrogens with one attached hydrogen (secondary N) is 1. The maximum absolute atomic E-state index is 13.6. The van der Waals surface area contributed by atoms with E-state index in [9.17, 15) is 28.1 Å². The first-order valence-corrected chi connectivity index (χ1v) is 7.95. The van der Waals surface area contributed by atoms with Crippen LogP contribution in [0.2, 0.25) is 0 Å². The molecule has 1 aromatic rings. The van der Waals surface area contributed by atoms with Crippen LogP contribution in [-0.2, 0) is 4.79 Å². The SMILES string of the molecule is CC(Oc1ccccc1[N+](=O)[O-])(C(=O)NC1CCCCC1)C(F)(F)F. The zero-order valence-corrected chi connectivity index (χ0v) is 13.6. The summed E-state index contributed by atoms with van der Waals surface area (Å²) in [6.45, 7) is 0.585. The van der Waals surface area contributed by atoms with Crippen LogP contribution in [0.15, 0.2) is 24.3 Å². The summed E-state index contributed by atoms with van der Waals surface area (Å²) in [5, 5.41) is 13.4. The number of rotatable bonds is 5. The molecule has 1 amide bonds. The first-order valence-electron chi connectivity index (χ1n) is 7.95. The number of ether oxygens (including phenoxy) is 1. The normalized spacial score (nSPS) is 18.2. The molecule has 1 unspecified atom stereocenters. The van der Waals surface area contributed by atoms with Crippen LogP contribution < -0.4 is 10.1 Å². The second kappa shape index (κ2) is 7.28. The summed E-state index contributed by atoms with van der Waals surface area (Å²) in [5.74, 6) is -1.95. The number of alkyl halides is 3. The number of nitro groups is 1. The summed E-state index contributed by atoms with van der Waals surface area (Å²) in [4.78, 5) is 22.5. The Morgan fingerprint density at radius 3 is 2.40 bits per heavy atom. The average molecular weight is 360 g/mol. The number of nitro benzene ring substituents is 1. The molecule has 0 bridgehead atoms. The molecule has 0 radical (unpaired) electrons. The second-order valence-corrected chi connectivity index (χ2v) is 6.17. The highest BCUT2D eigenvalue weighted by Crippen LogP contribution is 2.38. The number of amides is 1. The maximum Gasteiger partial charge on any atom is 0.437 e. The molecule has 1 fully saturated rings. The summed E-state index contributed by atoms with van der Waals surface area (Å²) in [7, 11) is 0. The lowest BCUT2D eigenvalue weighted by Gasteiger charge is -2.33. The zero-order chi connectivity index (χ0) is 18.7. The number of carbonyl (C=O) groups excluding carboxylic acids is 1. The summed E-state index contributed by atoms with van der Waals surface area (Å²) >= 11 is 0. The van der Waals surface area contributed by atoms with Crippen molar-refractivity contribution in [2.75, 3.05) is 0 Å². The third kappa shape index (κ3) is 4.21. The van der Waals surface area contributed by atoms with Gasteiger partial charge in [0.1, 0.15) is 0 Å². The smallest absolute Gasteiger partial charge is 0.437 e. The third-order valence-electron chi connectivity index (χ3n) is 4.29. The fraction of sp³-hybridized carbons (Fsp3) is 0.562. The zero-order valence-electron chi connectivity index (χ0n) is 13.6. The molecular formula is C16H19F3N2O4. The molecule has 1 atom stereocenters. The highest BCUT2D eigenvalue weighted by Gasteiger charge is 2.60. The van der Waals surface area contributed by atoms with E-state index in [-0.39, 0.29) is 6.04 Å². The minimum absolute atomic E-state index is 0.350. The molecule has 9 heteroatoms. The highest BCUT2D eigenvalue weighted by atomic mass is 19.4. The number of hydrogen-bond acceptors (Lipinski definition) is 4. The van der Waals surface area contributed by atoms with Gasteiger partial charge in [0.05, 0.1) is 4.92 Å². The predicted octanol–water partition coefficient (Wildman–Crippen LogP) is 3.74. The van der Waals surface area contributed by atoms with Crippen LogP contribution in [0.4, 0.5) is 18.9 Å². The molecule has 0 aromatic heterocycles. The predicted molar refractivity (Wildman–Crippen MR) is 83.2 cm³/mol. The molecule has 1 aliphatic carbocycles. The molecule has 6 nitrogen and oxygen atoms in total. The van der Waals surface area contributed by atoms with Crippen molar-refractivity contribution in [2.24, 2.45) is 0 Å². The summed E-state index contributed by atoms with van der Waals surface area (Å²) < 4.78 is 45.6. The minimum atomic E-state index is -5.05. The third-order valence-corrected chi connectivity index (χ3v) is 4.29. The van der Waals surface area contributed by atoms with E-state index in [4.69, 9.17) is 4.74 Å². The van der Waals surface area contributed by atoms with E-state index in [1.807, 2.05) is 0 Å². The molecule has 25 heavy (non-hydrogen) atoms. The lowest BCUT2D eigenvalue weighted by Crippen LogP contribution is -2.60. The molecule has 0 aliphatic heterocycles. The fourth-order valence-corrected chi connectivity index (χ4v) is 2.72. The Balaban J connectivity index is 2.28. The fourth-order valence-electron chi connectivity index (χ4n) is 2.72. The van der Waals surface area contributed by atoms with Gasteiger partial charge in [-0.1, -0.05) is 31.4 Å². The molecular weight excluding hydrogens is 341 g/mol. The van der Waals surface area contributed by atoms with Gasteiger partial charge < -0.3 is 10.1 Å². The molecule has 1 aliphatic rings. The molecule has 0 spiro atoms. The van der Waals surface area contributed by atoms with Crippen LogP contribution in [-0.4, -0.2) is 28.6 Å². The van der Waals surface area contributed by atoms with Crippen LogP contribution in [0.3, 0.4) is 0 Å². The Morgan fingerprint density at radius 1 is 1.24 bits per heavy atom. The first kappa shape index (κ1) is 19.0. The van der Waals surface area contributed by atoms with Gasteiger partial charge in [0.2, 0.25) is 0 Å². The Kier molecular flexibility index (Phi) is 5.54. The van der Waals surface area contributed by atoms with Gasteiger partial charge in [-0.3, -0.25) is 14.9 Å². The minimum Gasteiger partial charge on any atom is -0.461 e. The number of para-hydroxylation sites is 2. The lowest BCUT2D eigenvalue weighted by atomic mass is 9.94. The summed E-state index contributed by atoms with van der Waals surface area (Å²) in [5.41, 5.74) is -3.86. The van der Waals surface area contributed by atoms with Crippen molar-refractivity contribution in [2.45, 2.75) is 56.8 Å². The van der Waals surface area contributed by atoms with Crippen LogP contribution in [0, 0.1) is 10.1 Å². The number of halogens is 3. The summed E-state index contributed by atoms with van der Waals surface area (Å²) in [6.07, 6.45) is -1.20. The standard InChI is InChI=1S/C16H19F3N2O4/c1-15(16(17,18)19,14(22)20-11-7-3-2-4-8-11)25-13-10-6-5-9-12(13)21(23)24/h5-6,9-11H,2-4,7-8H2,1H3,(H,20,22). The lowest BCUT2D eigenvalue weighted by molar-refractivity contribution is -0.386. The van der Waals surface area contributed by atoms with E-state index >= 15 is 0 Å². The molecule has 1 aromatic carbocycles. The number of nitrogens with zero attached hydrogens (tertiary/aromatic N) is 1. The van der Waals surface area contributed by atoms with E-state index in [2.05, 4.69) is 5.32 Å².